The van der Waals surface area contributed by atoms with Gasteiger partial charge in [-0.2, -0.15) is 0 Å². The van der Waals surface area contributed by atoms with Crippen molar-refractivity contribution in [3.63, 3.8) is 0 Å². The predicted molar refractivity (Wildman–Crippen MR) is 63.7 cm³/mol. The summed E-state index contributed by atoms with van der Waals surface area (Å²) in [6, 6.07) is 9.94. The summed E-state index contributed by atoms with van der Waals surface area (Å²) in [5.74, 6) is 0.255. The topological polar surface area (TPSA) is 29.1 Å². The van der Waals surface area contributed by atoms with Crippen molar-refractivity contribution in [3.8, 4) is 0 Å². The van der Waals surface area contributed by atoms with Gasteiger partial charge >= 0.3 is 0 Å². The van der Waals surface area contributed by atoms with Crippen molar-refractivity contribution in [3.05, 3.63) is 35.9 Å². The zero-order valence-corrected chi connectivity index (χ0v) is 9.43. The normalized spacial score (nSPS) is 19.6. The molecular formula is C12H16ClNO. The molecule has 2 rings (SSSR count). The number of ketones is 1. The highest BCUT2D eigenvalue weighted by Crippen LogP contribution is 2.12. The maximum absolute atomic E-state index is 11.8. The van der Waals surface area contributed by atoms with Crippen molar-refractivity contribution in [2.75, 3.05) is 6.54 Å². The molecule has 1 aliphatic heterocycles. The van der Waals surface area contributed by atoms with Crippen LogP contribution in [0, 0.1) is 0 Å². The monoisotopic (exact) mass is 225 g/mol. The van der Waals surface area contributed by atoms with Crippen LogP contribution in [0.5, 0.6) is 0 Å². The number of nitrogens with one attached hydrogen (secondary N) is 1. The van der Waals surface area contributed by atoms with Crippen LogP contribution in [0.1, 0.15) is 29.6 Å². The Kier molecular flexibility index (Phi) is 4.79. The van der Waals surface area contributed by atoms with E-state index in [0.29, 0.717) is 12.5 Å². The van der Waals surface area contributed by atoms with Crippen molar-refractivity contribution in [1.29, 1.82) is 0 Å². The highest BCUT2D eigenvalue weighted by atomic mass is 35.5. The van der Waals surface area contributed by atoms with Gasteiger partial charge in [0.1, 0.15) is 0 Å². The minimum atomic E-state index is 0. The summed E-state index contributed by atoms with van der Waals surface area (Å²) >= 11 is 0. The second kappa shape index (κ2) is 5.89. The van der Waals surface area contributed by atoms with Crippen LogP contribution in [0.2, 0.25) is 0 Å². The third kappa shape index (κ3) is 3.33. The fraction of sp³-hybridized carbons (Fsp3) is 0.417. The number of rotatable bonds is 3. The molecule has 1 aliphatic rings. The van der Waals surface area contributed by atoms with Gasteiger partial charge in [0.25, 0.3) is 0 Å². The third-order valence-corrected chi connectivity index (χ3v) is 2.69. The van der Waals surface area contributed by atoms with Crippen LogP contribution < -0.4 is 5.32 Å². The van der Waals surface area contributed by atoms with Gasteiger partial charge in [-0.1, -0.05) is 30.3 Å². The Hall–Kier alpha value is -0.860. The molecule has 82 valence electrons. The van der Waals surface area contributed by atoms with Gasteiger partial charge in [0.15, 0.2) is 5.78 Å². The molecular weight excluding hydrogens is 210 g/mol. The molecule has 1 atom stereocenters. The molecule has 0 bridgehead atoms. The molecule has 1 aromatic carbocycles. The molecule has 1 N–H and O–H groups in total. The molecule has 2 nitrogen and oxygen atoms in total. The van der Waals surface area contributed by atoms with Crippen molar-refractivity contribution in [1.82, 2.24) is 5.32 Å². The van der Waals surface area contributed by atoms with Crippen LogP contribution in [-0.2, 0) is 0 Å². The number of halogens is 1. The van der Waals surface area contributed by atoms with Crippen molar-refractivity contribution < 1.29 is 4.79 Å². The minimum absolute atomic E-state index is 0. The SMILES string of the molecule is Cl.O=C(CC1CCCN1)c1ccccc1. The van der Waals surface area contributed by atoms with Crippen LogP contribution in [0.3, 0.4) is 0 Å². The van der Waals surface area contributed by atoms with Gasteiger partial charge in [-0.15, -0.1) is 12.4 Å². The highest BCUT2D eigenvalue weighted by molar-refractivity contribution is 5.96. The summed E-state index contributed by atoms with van der Waals surface area (Å²) in [4.78, 5) is 11.8. The van der Waals surface area contributed by atoms with Crippen LogP contribution >= 0.6 is 12.4 Å². The minimum Gasteiger partial charge on any atom is -0.314 e. The zero-order chi connectivity index (χ0) is 9.80. The molecule has 1 saturated heterocycles. The van der Waals surface area contributed by atoms with Gasteiger partial charge in [-0.25, -0.2) is 0 Å². The van der Waals surface area contributed by atoms with E-state index >= 15 is 0 Å². The van der Waals surface area contributed by atoms with E-state index in [4.69, 9.17) is 0 Å². The third-order valence-electron chi connectivity index (χ3n) is 2.69. The Balaban J connectivity index is 0.00000112. The van der Waals surface area contributed by atoms with E-state index in [1.807, 2.05) is 30.3 Å². The molecule has 1 fully saturated rings. The second-order valence-corrected chi connectivity index (χ2v) is 3.79. The van der Waals surface area contributed by atoms with E-state index in [-0.39, 0.29) is 18.2 Å². The molecule has 0 aliphatic carbocycles. The molecule has 0 spiro atoms. The lowest BCUT2D eigenvalue weighted by atomic mass is 10.0. The highest BCUT2D eigenvalue weighted by Gasteiger charge is 2.17. The number of carbonyl (C=O) groups excluding carboxylic acids is 1. The first-order valence-corrected chi connectivity index (χ1v) is 5.18. The first-order valence-electron chi connectivity index (χ1n) is 5.18. The Morgan fingerprint density at radius 2 is 2.07 bits per heavy atom. The molecule has 1 heterocycles. The van der Waals surface area contributed by atoms with E-state index in [0.717, 1.165) is 18.5 Å². The molecule has 0 aromatic heterocycles. The van der Waals surface area contributed by atoms with Crippen LogP contribution in [0.4, 0.5) is 0 Å². The van der Waals surface area contributed by atoms with Gasteiger partial charge in [0.05, 0.1) is 0 Å². The Labute approximate surface area is 96.5 Å². The average molecular weight is 226 g/mol. The molecule has 1 unspecified atom stereocenters. The average Bonchev–Trinajstić information content (AvgIpc) is 2.72. The predicted octanol–water partition coefficient (Wildman–Crippen LogP) is 2.43. The van der Waals surface area contributed by atoms with Gasteiger partial charge in [0.2, 0.25) is 0 Å². The molecule has 0 radical (unpaired) electrons. The second-order valence-electron chi connectivity index (χ2n) is 3.79. The Morgan fingerprint density at radius 3 is 2.67 bits per heavy atom. The molecule has 0 amide bonds. The largest absolute Gasteiger partial charge is 0.314 e. The molecule has 0 saturated carbocycles. The lowest BCUT2D eigenvalue weighted by Gasteiger charge is -2.08. The lowest BCUT2D eigenvalue weighted by molar-refractivity contribution is 0.0971. The summed E-state index contributed by atoms with van der Waals surface area (Å²) in [7, 11) is 0. The van der Waals surface area contributed by atoms with Gasteiger partial charge in [-0.05, 0) is 19.4 Å². The van der Waals surface area contributed by atoms with Gasteiger partial charge in [0, 0.05) is 18.0 Å². The van der Waals surface area contributed by atoms with E-state index in [1.54, 1.807) is 0 Å². The van der Waals surface area contributed by atoms with Crippen LogP contribution in [-0.4, -0.2) is 18.4 Å². The van der Waals surface area contributed by atoms with Crippen molar-refractivity contribution in [2.45, 2.75) is 25.3 Å². The number of hydrogen-bond acceptors (Lipinski definition) is 2. The fourth-order valence-corrected chi connectivity index (χ4v) is 1.90. The zero-order valence-electron chi connectivity index (χ0n) is 8.61. The maximum atomic E-state index is 11.8. The summed E-state index contributed by atoms with van der Waals surface area (Å²) in [6.07, 6.45) is 2.98. The fourth-order valence-electron chi connectivity index (χ4n) is 1.90. The van der Waals surface area contributed by atoms with Crippen molar-refractivity contribution >= 4 is 18.2 Å². The molecule has 15 heavy (non-hydrogen) atoms. The van der Waals surface area contributed by atoms with E-state index in [9.17, 15) is 4.79 Å². The number of hydrogen-bond donors (Lipinski definition) is 1. The first kappa shape index (κ1) is 12.2. The standard InChI is InChI=1S/C12H15NO.ClH/c14-12(9-11-7-4-8-13-11)10-5-2-1-3-6-10;/h1-3,5-6,11,13H,4,7-9H2;1H. The summed E-state index contributed by atoms with van der Waals surface area (Å²) < 4.78 is 0. The number of carbonyl (C=O) groups is 1. The summed E-state index contributed by atoms with van der Waals surface area (Å²) in [6.45, 7) is 1.06. The first-order chi connectivity index (χ1) is 6.86. The smallest absolute Gasteiger partial charge is 0.164 e. The molecule has 3 heteroatoms. The van der Waals surface area contributed by atoms with Crippen LogP contribution in [0.25, 0.3) is 0 Å². The lowest BCUT2D eigenvalue weighted by Crippen LogP contribution is -2.24. The van der Waals surface area contributed by atoms with E-state index in [2.05, 4.69) is 5.32 Å². The quantitative estimate of drug-likeness (QED) is 0.801. The van der Waals surface area contributed by atoms with Crippen LogP contribution in [0.15, 0.2) is 30.3 Å². The Morgan fingerprint density at radius 1 is 1.33 bits per heavy atom. The number of Topliss-reactive ketones (excluding diaryl/α,β-unsaturated/α-hetero) is 1. The molecule has 1 aromatic rings. The van der Waals surface area contributed by atoms with Gasteiger partial charge in [-0.3, -0.25) is 4.79 Å². The number of benzene rings is 1. The maximum Gasteiger partial charge on any atom is 0.164 e. The van der Waals surface area contributed by atoms with Gasteiger partial charge < -0.3 is 5.32 Å². The summed E-state index contributed by atoms with van der Waals surface area (Å²) in [5, 5.41) is 3.34. The van der Waals surface area contributed by atoms with E-state index in [1.165, 1.54) is 6.42 Å². The Bertz CT molecular complexity index is 307. The van der Waals surface area contributed by atoms with Crippen molar-refractivity contribution in [2.24, 2.45) is 0 Å². The van der Waals surface area contributed by atoms with E-state index < -0.39 is 0 Å². The summed E-state index contributed by atoms with van der Waals surface area (Å²) in [5.41, 5.74) is 0.834.